The maximum absolute atomic E-state index is 14.2. The molecular weight excluding hydrogens is 311 g/mol. The van der Waals surface area contributed by atoms with Gasteiger partial charge in [0, 0.05) is 5.56 Å². The van der Waals surface area contributed by atoms with Crippen molar-refractivity contribution in [1.82, 2.24) is 10.1 Å². The molecule has 0 aliphatic rings. The van der Waals surface area contributed by atoms with Gasteiger partial charge in [-0.2, -0.15) is 4.98 Å². The van der Waals surface area contributed by atoms with Crippen molar-refractivity contribution in [2.75, 3.05) is 0 Å². The Hall–Kier alpha value is -3.02. The third-order valence-corrected chi connectivity index (χ3v) is 3.65. The van der Waals surface area contributed by atoms with Crippen molar-refractivity contribution in [2.45, 2.75) is 20.8 Å². The molecule has 3 aromatic rings. The number of benzene rings is 2. The highest BCUT2D eigenvalue weighted by Crippen LogP contribution is 2.29. The van der Waals surface area contributed by atoms with E-state index >= 15 is 0 Å². The van der Waals surface area contributed by atoms with Gasteiger partial charge in [0.15, 0.2) is 0 Å². The zero-order valence-electron chi connectivity index (χ0n) is 13.4. The Morgan fingerprint density at radius 1 is 1.08 bits per heavy atom. The molecule has 122 valence electrons. The summed E-state index contributed by atoms with van der Waals surface area (Å²) in [4.78, 5) is 15.4. The molecule has 0 spiro atoms. The minimum absolute atomic E-state index is 0.0679. The van der Waals surface area contributed by atoms with Crippen LogP contribution in [0.15, 0.2) is 34.9 Å². The van der Waals surface area contributed by atoms with Crippen LogP contribution in [-0.2, 0) is 0 Å². The number of carboxylic acids is 1. The number of nitrogens with zero attached hydrogens (tertiary/aromatic N) is 2. The van der Waals surface area contributed by atoms with Gasteiger partial charge in [-0.3, -0.25) is 0 Å². The van der Waals surface area contributed by atoms with Gasteiger partial charge in [0.25, 0.3) is 5.89 Å². The van der Waals surface area contributed by atoms with E-state index in [0.717, 1.165) is 11.1 Å². The lowest BCUT2D eigenvalue weighted by molar-refractivity contribution is 0.0697. The summed E-state index contributed by atoms with van der Waals surface area (Å²) < 4.78 is 19.4. The number of carbonyl (C=O) groups is 1. The first-order valence-electron chi connectivity index (χ1n) is 7.31. The molecule has 0 radical (unpaired) electrons. The number of carboxylic acid groups (broad SMARTS) is 1. The first kappa shape index (κ1) is 15.9. The number of aryl methyl sites for hydroxylation is 3. The topological polar surface area (TPSA) is 76.2 Å². The van der Waals surface area contributed by atoms with E-state index in [4.69, 9.17) is 9.63 Å². The zero-order valence-corrected chi connectivity index (χ0v) is 13.4. The van der Waals surface area contributed by atoms with Crippen LogP contribution in [0.4, 0.5) is 4.39 Å². The van der Waals surface area contributed by atoms with Crippen LogP contribution in [0.1, 0.15) is 27.0 Å². The van der Waals surface area contributed by atoms with Crippen LogP contribution in [0.3, 0.4) is 0 Å². The average Bonchev–Trinajstić information content (AvgIpc) is 2.95. The monoisotopic (exact) mass is 326 g/mol. The van der Waals surface area contributed by atoms with Gasteiger partial charge < -0.3 is 9.63 Å². The summed E-state index contributed by atoms with van der Waals surface area (Å²) in [5.41, 5.74) is 3.15. The Morgan fingerprint density at radius 2 is 1.79 bits per heavy atom. The molecular formula is C18H15FN2O3. The molecule has 0 bridgehead atoms. The average molecular weight is 326 g/mol. The fourth-order valence-electron chi connectivity index (χ4n) is 2.66. The lowest BCUT2D eigenvalue weighted by atomic mass is 10.0. The number of hydrogen-bond donors (Lipinski definition) is 1. The fraction of sp³-hybridized carbons (Fsp3) is 0.167. The maximum Gasteiger partial charge on any atom is 0.335 e. The second-order valence-electron chi connectivity index (χ2n) is 5.75. The van der Waals surface area contributed by atoms with Gasteiger partial charge in [-0.05, 0) is 61.7 Å². The van der Waals surface area contributed by atoms with Crippen LogP contribution in [0.2, 0.25) is 0 Å². The number of rotatable bonds is 3. The molecule has 24 heavy (non-hydrogen) atoms. The lowest BCUT2D eigenvalue weighted by Gasteiger charge is -2.04. The molecule has 0 atom stereocenters. The highest BCUT2D eigenvalue weighted by Gasteiger charge is 2.18. The predicted molar refractivity (Wildman–Crippen MR) is 86.3 cm³/mol. The molecule has 0 aliphatic heterocycles. The van der Waals surface area contributed by atoms with E-state index < -0.39 is 11.8 Å². The molecule has 0 amide bonds. The minimum Gasteiger partial charge on any atom is -0.478 e. The van der Waals surface area contributed by atoms with Crippen LogP contribution < -0.4 is 0 Å². The van der Waals surface area contributed by atoms with Gasteiger partial charge >= 0.3 is 5.97 Å². The molecule has 0 saturated heterocycles. The van der Waals surface area contributed by atoms with Crippen LogP contribution in [-0.4, -0.2) is 21.2 Å². The molecule has 6 heteroatoms. The van der Waals surface area contributed by atoms with Gasteiger partial charge in [-0.15, -0.1) is 0 Å². The Kier molecular flexibility index (Phi) is 3.89. The molecule has 0 aliphatic carbocycles. The number of aromatic carboxylic acids is 1. The smallest absolute Gasteiger partial charge is 0.335 e. The molecule has 0 fully saturated rings. The third-order valence-electron chi connectivity index (χ3n) is 3.65. The fourth-order valence-corrected chi connectivity index (χ4v) is 2.66. The summed E-state index contributed by atoms with van der Waals surface area (Å²) in [6, 6.07) is 8.00. The summed E-state index contributed by atoms with van der Waals surface area (Å²) in [6.45, 7) is 5.35. The van der Waals surface area contributed by atoms with E-state index in [1.165, 1.54) is 12.1 Å². The third kappa shape index (κ3) is 2.90. The summed E-state index contributed by atoms with van der Waals surface area (Å²) in [7, 11) is 0. The molecule has 1 aromatic heterocycles. The highest BCUT2D eigenvalue weighted by atomic mass is 19.1. The molecule has 1 N–H and O–H groups in total. The Morgan fingerprint density at radius 3 is 2.46 bits per heavy atom. The lowest BCUT2D eigenvalue weighted by Crippen LogP contribution is -1.97. The van der Waals surface area contributed by atoms with Crippen LogP contribution in [0.25, 0.3) is 22.8 Å². The van der Waals surface area contributed by atoms with Gasteiger partial charge in [-0.25, -0.2) is 9.18 Å². The summed E-state index contributed by atoms with van der Waals surface area (Å²) in [5.74, 6) is -1.18. The van der Waals surface area contributed by atoms with E-state index in [2.05, 4.69) is 10.1 Å². The second kappa shape index (κ2) is 5.88. The highest BCUT2D eigenvalue weighted by molar-refractivity contribution is 5.89. The van der Waals surface area contributed by atoms with Crippen molar-refractivity contribution >= 4 is 5.97 Å². The van der Waals surface area contributed by atoms with Gasteiger partial charge in [0.1, 0.15) is 5.82 Å². The number of halogens is 1. The van der Waals surface area contributed by atoms with Crippen molar-refractivity contribution in [1.29, 1.82) is 0 Å². The van der Waals surface area contributed by atoms with Crippen molar-refractivity contribution in [3.63, 3.8) is 0 Å². The maximum atomic E-state index is 14.2. The molecule has 3 rings (SSSR count). The van der Waals surface area contributed by atoms with E-state index in [1.807, 2.05) is 6.07 Å². The first-order chi connectivity index (χ1) is 11.3. The quantitative estimate of drug-likeness (QED) is 0.782. The summed E-state index contributed by atoms with van der Waals surface area (Å²) in [5, 5.41) is 13.0. The van der Waals surface area contributed by atoms with Crippen molar-refractivity contribution in [2.24, 2.45) is 0 Å². The second-order valence-corrected chi connectivity index (χ2v) is 5.75. The van der Waals surface area contributed by atoms with Gasteiger partial charge in [0.2, 0.25) is 5.82 Å². The van der Waals surface area contributed by atoms with Crippen LogP contribution in [0.5, 0.6) is 0 Å². The van der Waals surface area contributed by atoms with Crippen LogP contribution >= 0.6 is 0 Å². The van der Waals surface area contributed by atoms with Crippen LogP contribution in [0, 0.1) is 26.6 Å². The van der Waals surface area contributed by atoms with Gasteiger partial charge in [-0.1, -0.05) is 11.2 Å². The molecule has 0 unspecified atom stereocenters. The summed E-state index contributed by atoms with van der Waals surface area (Å²) in [6.07, 6.45) is 0. The molecule has 0 saturated carbocycles. The van der Waals surface area contributed by atoms with E-state index in [0.29, 0.717) is 11.1 Å². The van der Waals surface area contributed by atoms with Gasteiger partial charge in [0.05, 0.1) is 11.1 Å². The SMILES string of the molecule is Cc1cc(C(=O)O)cc(-c2noc(-c3c(C)cc(C)cc3F)n2)c1. The van der Waals surface area contributed by atoms with Crippen molar-refractivity contribution in [3.05, 3.63) is 58.4 Å². The summed E-state index contributed by atoms with van der Waals surface area (Å²) >= 11 is 0. The van der Waals surface area contributed by atoms with E-state index in [-0.39, 0.29) is 22.8 Å². The van der Waals surface area contributed by atoms with Crippen molar-refractivity contribution < 1.29 is 18.8 Å². The van der Waals surface area contributed by atoms with E-state index in [1.54, 1.807) is 32.9 Å². The number of aromatic nitrogens is 2. The molecule has 2 aromatic carbocycles. The Labute approximate surface area is 137 Å². The largest absolute Gasteiger partial charge is 0.478 e. The molecule has 1 heterocycles. The predicted octanol–water partition coefficient (Wildman–Crippen LogP) is 4.17. The number of hydrogen-bond acceptors (Lipinski definition) is 4. The first-order valence-corrected chi connectivity index (χ1v) is 7.31. The van der Waals surface area contributed by atoms with E-state index in [9.17, 15) is 9.18 Å². The minimum atomic E-state index is -1.04. The molecule has 5 nitrogen and oxygen atoms in total. The van der Waals surface area contributed by atoms with Crippen molar-refractivity contribution in [3.8, 4) is 22.8 Å². The zero-order chi connectivity index (χ0) is 17.4. The Bertz CT molecular complexity index is 924. The standard InChI is InChI=1S/C18H15FN2O3/c1-9-4-11(3)15(14(19)7-9)17-20-16(21-24-17)12-5-10(2)6-13(8-12)18(22)23/h4-8H,1-3H3,(H,22,23). The normalized spacial score (nSPS) is 10.8. The Balaban J connectivity index is 2.08.